The van der Waals surface area contributed by atoms with Gasteiger partial charge in [0.25, 0.3) is 5.69 Å². The van der Waals surface area contributed by atoms with Crippen molar-refractivity contribution in [2.24, 2.45) is 0 Å². The van der Waals surface area contributed by atoms with Gasteiger partial charge in [-0.25, -0.2) is 0 Å². The highest BCUT2D eigenvalue weighted by Crippen LogP contribution is 2.26. The fourth-order valence-electron chi connectivity index (χ4n) is 1.69. The predicted octanol–water partition coefficient (Wildman–Crippen LogP) is 2.48. The molecule has 1 aromatic carbocycles. The topological polar surface area (TPSA) is 80.4 Å². The lowest BCUT2D eigenvalue weighted by molar-refractivity contribution is -0.384. The third-order valence-corrected chi connectivity index (χ3v) is 2.55. The van der Waals surface area contributed by atoms with Crippen LogP contribution in [-0.2, 0) is 4.79 Å². The molecule has 0 saturated carbocycles. The first kappa shape index (κ1) is 12.2. The number of carboxylic acids is 1. The molecule has 0 aliphatic rings. The van der Waals surface area contributed by atoms with Crippen molar-refractivity contribution in [3.8, 4) is 0 Å². The van der Waals surface area contributed by atoms with Gasteiger partial charge in [0.05, 0.1) is 10.8 Å². The van der Waals surface area contributed by atoms with Gasteiger partial charge in [0.2, 0.25) is 0 Å². The Balaban J connectivity index is 3.16. The molecular formula is C11H13NO4. The van der Waals surface area contributed by atoms with Gasteiger partial charge in [-0.2, -0.15) is 0 Å². The van der Waals surface area contributed by atoms with Crippen LogP contribution in [0.25, 0.3) is 0 Å². The number of nitro groups is 1. The number of non-ortho nitro benzene ring substituents is 1. The van der Waals surface area contributed by atoms with Crippen molar-refractivity contribution >= 4 is 11.7 Å². The average Bonchev–Trinajstić information content (AvgIpc) is 2.20. The van der Waals surface area contributed by atoms with E-state index >= 15 is 0 Å². The standard InChI is InChI=1S/C11H13NO4/c1-3-9(11(13)14)10-5-4-8(12(15)16)6-7(10)2/h4-6,9H,3H2,1-2H3,(H,13,14). The van der Waals surface area contributed by atoms with Gasteiger partial charge >= 0.3 is 5.97 Å². The minimum absolute atomic E-state index is 0.0125. The average molecular weight is 223 g/mol. The van der Waals surface area contributed by atoms with Crippen LogP contribution in [0.15, 0.2) is 18.2 Å². The minimum Gasteiger partial charge on any atom is -0.481 e. The molecule has 0 spiro atoms. The molecule has 0 bridgehead atoms. The van der Waals surface area contributed by atoms with Crippen molar-refractivity contribution in [3.63, 3.8) is 0 Å². The highest BCUT2D eigenvalue weighted by molar-refractivity contribution is 5.76. The van der Waals surface area contributed by atoms with E-state index in [1.165, 1.54) is 18.2 Å². The number of hydrogen-bond donors (Lipinski definition) is 1. The van der Waals surface area contributed by atoms with E-state index in [0.717, 1.165) is 0 Å². The van der Waals surface area contributed by atoms with Crippen LogP contribution in [0.1, 0.15) is 30.4 Å². The zero-order chi connectivity index (χ0) is 12.3. The third-order valence-electron chi connectivity index (χ3n) is 2.55. The summed E-state index contributed by atoms with van der Waals surface area (Å²) in [6.45, 7) is 3.47. The number of hydrogen-bond acceptors (Lipinski definition) is 3. The van der Waals surface area contributed by atoms with Crippen molar-refractivity contribution in [1.82, 2.24) is 0 Å². The van der Waals surface area contributed by atoms with E-state index in [1.807, 2.05) is 0 Å². The minimum atomic E-state index is -0.903. The highest BCUT2D eigenvalue weighted by atomic mass is 16.6. The normalized spacial score (nSPS) is 12.1. The van der Waals surface area contributed by atoms with E-state index < -0.39 is 16.8 Å². The number of aliphatic carboxylic acids is 1. The summed E-state index contributed by atoms with van der Waals surface area (Å²) >= 11 is 0. The lowest BCUT2D eigenvalue weighted by atomic mass is 9.92. The molecule has 16 heavy (non-hydrogen) atoms. The Labute approximate surface area is 92.9 Å². The van der Waals surface area contributed by atoms with Gasteiger partial charge in [-0.3, -0.25) is 14.9 Å². The molecule has 0 aromatic heterocycles. The van der Waals surface area contributed by atoms with Crippen molar-refractivity contribution in [3.05, 3.63) is 39.4 Å². The Morgan fingerprint density at radius 2 is 2.19 bits per heavy atom. The van der Waals surface area contributed by atoms with E-state index in [2.05, 4.69) is 0 Å². The molecule has 5 nitrogen and oxygen atoms in total. The molecule has 1 unspecified atom stereocenters. The third kappa shape index (κ3) is 2.36. The van der Waals surface area contributed by atoms with E-state index in [9.17, 15) is 14.9 Å². The van der Waals surface area contributed by atoms with Crippen molar-refractivity contribution in [2.45, 2.75) is 26.2 Å². The summed E-state index contributed by atoms with van der Waals surface area (Å²) < 4.78 is 0. The van der Waals surface area contributed by atoms with Crippen LogP contribution in [0.2, 0.25) is 0 Å². The molecule has 0 fully saturated rings. The molecule has 0 aliphatic carbocycles. The monoisotopic (exact) mass is 223 g/mol. The maximum absolute atomic E-state index is 11.0. The van der Waals surface area contributed by atoms with E-state index in [4.69, 9.17) is 5.11 Å². The molecule has 0 heterocycles. The predicted molar refractivity (Wildman–Crippen MR) is 58.5 cm³/mol. The van der Waals surface area contributed by atoms with Gasteiger partial charge < -0.3 is 5.11 Å². The van der Waals surface area contributed by atoms with Crippen LogP contribution in [0.5, 0.6) is 0 Å². The molecular weight excluding hydrogens is 210 g/mol. The molecule has 0 aliphatic heterocycles. The van der Waals surface area contributed by atoms with Crippen molar-refractivity contribution in [1.29, 1.82) is 0 Å². The Hall–Kier alpha value is -1.91. The second-order valence-electron chi connectivity index (χ2n) is 3.60. The maximum atomic E-state index is 11.0. The van der Waals surface area contributed by atoms with Gasteiger partial charge in [0, 0.05) is 12.1 Å². The molecule has 86 valence electrons. The first-order valence-corrected chi connectivity index (χ1v) is 4.95. The maximum Gasteiger partial charge on any atom is 0.310 e. The van der Waals surface area contributed by atoms with Crippen LogP contribution in [0, 0.1) is 17.0 Å². The van der Waals surface area contributed by atoms with Crippen LogP contribution >= 0.6 is 0 Å². The fourth-order valence-corrected chi connectivity index (χ4v) is 1.69. The number of carboxylic acid groups (broad SMARTS) is 1. The Morgan fingerprint density at radius 3 is 2.56 bits per heavy atom. The van der Waals surface area contributed by atoms with Gasteiger partial charge in [-0.15, -0.1) is 0 Å². The Morgan fingerprint density at radius 1 is 1.56 bits per heavy atom. The number of aryl methyl sites for hydroxylation is 1. The molecule has 1 N–H and O–H groups in total. The molecule has 1 aromatic rings. The highest BCUT2D eigenvalue weighted by Gasteiger charge is 2.20. The number of carbonyl (C=O) groups is 1. The summed E-state index contributed by atoms with van der Waals surface area (Å²) in [5.41, 5.74) is 1.27. The second-order valence-corrected chi connectivity index (χ2v) is 3.60. The summed E-state index contributed by atoms with van der Waals surface area (Å²) in [5.74, 6) is -1.50. The zero-order valence-electron chi connectivity index (χ0n) is 9.14. The lowest BCUT2D eigenvalue weighted by Gasteiger charge is -2.12. The molecule has 0 saturated heterocycles. The summed E-state index contributed by atoms with van der Waals surface area (Å²) in [6.07, 6.45) is 0.466. The van der Waals surface area contributed by atoms with E-state index in [-0.39, 0.29) is 5.69 Å². The number of rotatable bonds is 4. The number of nitrogens with zero attached hydrogens (tertiary/aromatic N) is 1. The van der Waals surface area contributed by atoms with Gasteiger partial charge in [0.15, 0.2) is 0 Å². The van der Waals surface area contributed by atoms with E-state index in [0.29, 0.717) is 17.5 Å². The van der Waals surface area contributed by atoms with Gasteiger partial charge in [0.1, 0.15) is 0 Å². The van der Waals surface area contributed by atoms with E-state index in [1.54, 1.807) is 13.8 Å². The second kappa shape index (κ2) is 4.74. The first-order chi connectivity index (χ1) is 7.47. The van der Waals surface area contributed by atoms with Crippen molar-refractivity contribution < 1.29 is 14.8 Å². The fraction of sp³-hybridized carbons (Fsp3) is 0.364. The molecule has 0 amide bonds. The molecule has 5 heteroatoms. The summed E-state index contributed by atoms with van der Waals surface area (Å²) in [4.78, 5) is 21.0. The van der Waals surface area contributed by atoms with Crippen LogP contribution in [0.3, 0.4) is 0 Å². The quantitative estimate of drug-likeness (QED) is 0.628. The smallest absolute Gasteiger partial charge is 0.310 e. The molecule has 0 radical (unpaired) electrons. The van der Waals surface area contributed by atoms with Gasteiger partial charge in [-0.1, -0.05) is 13.0 Å². The molecule has 1 rings (SSSR count). The zero-order valence-corrected chi connectivity index (χ0v) is 9.14. The lowest BCUT2D eigenvalue weighted by Crippen LogP contribution is -2.11. The first-order valence-electron chi connectivity index (χ1n) is 4.95. The van der Waals surface area contributed by atoms with Gasteiger partial charge in [-0.05, 0) is 24.5 Å². The van der Waals surface area contributed by atoms with Crippen LogP contribution < -0.4 is 0 Å². The number of benzene rings is 1. The van der Waals surface area contributed by atoms with Crippen LogP contribution in [-0.4, -0.2) is 16.0 Å². The summed E-state index contributed by atoms with van der Waals surface area (Å²) in [7, 11) is 0. The largest absolute Gasteiger partial charge is 0.481 e. The Bertz CT molecular complexity index is 428. The summed E-state index contributed by atoms with van der Waals surface area (Å²) in [5, 5.41) is 19.5. The summed E-state index contributed by atoms with van der Waals surface area (Å²) in [6, 6.07) is 4.27. The Kier molecular flexibility index (Phi) is 3.60. The van der Waals surface area contributed by atoms with Crippen LogP contribution in [0.4, 0.5) is 5.69 Å². The van der Waals surface area contributed by atoms with Crippen molar-refractivity contribution in [2.75, 3.05) is 0 Å². The number of nitro benzene ring substituents is 1. The molecule has 1 atom stereocenters. The SMILES string of the molecule is CCC(C(=O)O)c1ccc([N+](=O)[O-])cc1C.